The van der Waals surface area contributed by atoms with Crippen LogP contribution in [0.1, 0.15) is 63.4 Å². The van der Waals surface area contributed by atoms with Crippen LogP contribution in [0.5, 0.6) is 5.75 Å². The van der Waals surface area contributed by atoms with E-state index >= 15 is 0 Å². The van der Waals surface area contributed by atoms with Crippen molar-refractivity contribution in [1.82, 2.24) is 14.9 Å². The largest absolute Gasteiger partial charge is 0.491 e. The molecule has 0 radical (unpaired) electrons. The first-order valence-electron chi connectivity index (χ1n) is 11.4. The van der Waals surface area contributed by atoms with Gasteiger partial charge in [-0.15, -0.1) is 0 Å². The van der Waals surface area contributed by atoms with Gasteiger partial charge in [0.25, 0.3) is 0 Å². The van der Waals surface area contributed by atoms with Crippen LogP contribution in [0.25, 0.3) is 11.0 Å². The Labute approximate surface area is 185 Å². The van der Waals surface area contributed by atoms with Crippen LogP contribution in [0, 0.1) is 12.8 Å². The summed E-state index contributed by atoms with van der Waals surface area (Å²) in [6.07, 6.45) is 1.70. The highest BCUT2D eigenvalue weighted by Crippen LogP contribution is 2.27. The summed E-state index contributed by atoms with van der Waals surface area (Å²) < 4.78 is 8.38. The van der Waals surface area contributed by atoms with E-state index in [1.807, 2.05) is 18.2 Å². The van der Waals surface area contributed by atoms with E-state index in [-0.39, 0.29) is 11.8 Å². The molecule has 0 aliphatic rings. The van der Waals surface area contributed by atoms with Crippen molar-refractivity contribution < 1.29 is 9.53 Å². The van der Waals surface area contributed by atoms with E-state index in [2.05, 4.69) is 68.8 Å². The SMILES string of the molecule is CCC(CC)C(=O)NCc1nc2ccccc2n1CCOc1cc(C)ccc1C(C)C. The molecule has 0 aliphatic carbocycles. The van der Waals surface area contributed by atoms with E-state index < -0.39 is 0 Å². The summed E-state index contributed by atoms with van der Waals surface area (Å²) in [5.74, 6) is 2.36. The van der Waals surface area contributed by atoms with Crippen LogP contribution in [-0.2, 0) is 17.9 Å². The average molecular weight is 422 g/mol. The molecule has 0 aliphatic heterocycles. The first-order chi connectivity index (χ1) is 14.9. The van der Waals surface area contributed by atoms with Gasteiger partial charge in [-0.1, -0.05) is 52.0 Å². The molecule has 5 heteroatoms. The Balaban J connectivity index is 1.76. The number of hydrogen-bond donors (Lipinski definition) is 1. The molecule has 1 heterocycles. The summed E-state index contributed by atoms with van der Waals surface area (Å²) >= 11 is 0. The van der Waals surface area contributed by atoms with Crippen LogP contribution in [-0.4, -0.2) is 22.1 Å². The molecule has 0 fully saturated rings. The molecule has 0 saturated heterocycles. The fraction of sp³-hybridized carbons (Fsp3) is 0.462. The summed E-state index contributed by atoms with van der Waals surface area (Å²) in [5.41, 5.74) is 4.41. The Kier molecular flexibility index (Phi) is 7.72. The molecule has 0 unspecified atom stereocenters. The number of nitrogens with zero attached hydrogens (tertiary/aromatic N) is 2. The second-order valence-corrected chi connectivity index (χ2v) is 8.44. The van der Waals surface area contributed by atoms with Crippen LogP contribution in [0.15, 0.2) is 42.5 Å². The molecular formula is C26H35N3O2. The molecule has 5 nitrogen and oxygen atoms in total. The molecule has 0 bridgehead atoms. The summed E-state index contributed by atoms with van der Waals surface area (Å²) in [5, 5.41) is 3.08. The predicted molar refractivity (Wildman–Crippen MR) is 126 cm³/mol. The summed E-state index contributed by atoms with van der Waals surface area (Å²) in [7, 11) is 0. The molecule has 0 saturated carbocycles. The minimum atomic E-state index is 0.0527. The Morgan fingerprint density at radius 2 is 1.87 bits per heavy atom. The third-order valence-electron chi connectivity index (χ3n) is 5.87. The summed E-state index contributed by atoms with van der Waals surface area (Å²) in [4.78, 5) is 17.2. The Bertz CT molecular complexity index is 1020. The molecule has 166 valence electrons. The zero-order valence-electron chi connectivity index (χ0n) is 19.4. The Hall–Kier alpha value is -2.82. The van der Waals surface area contributed by atoms with Crippen LogP contribution in [0.2, 0.25) is 0 Å². The number of carbonyl (C=O) groups excluding carboxylic acids is 1. The van der Waals surface area contributed by atoms with E-state index in [1.54, 1.807) is 0 Å². The van der Waals surface area contributed by atoms with E-state index in [1.165, 1.54) is 11.1 Å². The number of imidazole rings is 1. The van der Waals surface area contributed by atoms with Crippen molar-refractivity contribution in [2.24, 2.45) is 5.92 Å². The van der Waals surface area contributed by atoms with Gasteiger partial charge >= 0.3 is 0 Å². The molecule has 3 rings (SSSR count). The molecule has 1 aromatic heterocycles. The molecule has 1 N–H and O–H groups in total. The topological polar surface area (TPSA) is 56.2 Å². The first kappa shape index (κ1) is 22.9. The maximum Gasteiger partial charge on any atom is 0.223 e. The standard InChI is InChI=1S/C26H35N3O2/c1-6-20(7-2)26(30)27-17-25-28-22-10-8-9-11-23(22)29(25)14-15-31-24-16-19(5)12-13-21(24)18(3)4/h8-13,16,18,20H,6-7,14-15,17H2,1-5H3,(H,27,30). The Morgan fingerprint density at radius 1 is 1.13 bits per heavy atom. The number of ether oxygens (including phenoxy) is 1. The van der Waals surface area contributed by atoms with Crippen LogP contribution in [0.3, 0.4) is 0 Å². The normalized spacial score (nSPS) is 11.5. The van der Waals surface area contributed by atoms with Gasteiger partial charge in [0.15, 0.2) is 0 Å². The van der Waals surface area contributed by atoms with Crippen molar-refractivity contribution in [2.45, 2.75) is 66.5 Å². The third-order valence-corrected chi connectivity index (χ3v) is 5.87. The van der Waals surface area contributed by atoms with Gasteiger partial charge in [0, 0.05) is 5.92 Å². The fourth-order valence-corrected chi connectivity index (χ4v) is 3.97. The zero-order chi connectivity index (χ0) is 22.4. The van der Waals surface area contributed by atoms with Crippen molar-refractivity contribution in [1.29, 1.82) is 0 Å². The number of aromatic nitrogens is 2. The van der Waals surface area contributed by atoms with E-state index in [0.29, 0.717) is 25.6 Å². The zero-order valence-corrected chi connectivity index (χ0v) is 19.4. The second-order valence-electron chi connectivity index (χ2n) is 8.44. The highest BCUT2D eigenvalue weighted by atomic mass is 16.5. The van der Waals surface area contributed by atoms with E-state index in [9.17, 15) is 4.79 Å². The first-order valence-corrected chi connectivity index (χ1v) is 11.4. The number of fused-ring (bicyclic) bond motifs is 1. The van der Waals surface area contributed by atoms with Crippen LogP contribution < -0.4 is 10.1 Å². The van der Waals surface area contributed by atoms with Gasteiger partial charge in [-0.3, -0.25) is 4.79 Å². The highest BCUT2D eigenvalue weighted by Gasteiger charge is 2.16. The average Bonchev–Trinajstić information content (AvgIpc) is 3.10. The fourth-order valence-electron chi connectivity index (χ4n) is 3.97. The number of nitrogens with one attached hydrogen (secondary N) is 1. The van der Waals surface area contributed by atoms with Crippen molar-refractivity contribution >= 4 is 16.9 Å². The van der Waals surface area contributed by atoms with Gasteiger partial charge in [0.1, 0.15) is 18.2 Å². The van der Waals surface area contributed by atoms with Gasteiger partial charge in [0.05, 0.1) is 24.1 Å². The number of aryl methyl sites for hydroxylation is 1. The molecule has 0 atom stereocenters. The number of para-hydroxylation sites is 2. The predicted octanol–water partition coefficient (Wildman–Crippen LogP) is 5.60. The highest BCUT2D eigenvalue weighted by molar-refractivity contribution is 5.79. The Morgan fingerprint density at radius 3 is 2.58 bits per heavy atom. The molecule has 0 spiro atoms. The van der Waals surface area contributed by atoms with Crippen LogP contribution >= 0.6 is 0 Å². The number of hydrogen-bond acceptors (Lipinski definition) is 3. The second kappa shape index (κ2) is 10.5. The monoisotopic (exact) mass is 421 g/mol. The van der Waals surface area contributed by atoms with Crippen molar-refractivity contribution in [2.75, 3.05) is 6.61 Å². The van der Waals surface area contributed by atoms with Crippen molar-refractivity contribution in [3.63, 3.8) is 0 Å². The lowest BCUT2D eigenvalue weighted by atomic mass is 10.0. The molecular weight excluding hydrogens is 386 g/mol. The van der Waals surface area contributed by atoms with Gasteiger partial charge in [-0.2, -0.15) is 0 Å². The lowest BCUT2D eigenvalue weighted by Crippen LogP contribution is -2.31. The molecule has 1 amide bonds. The third kappa shape index (κ3) is 5.46. The molecule has 2 aromatic carbocycles. The van der Waals surface area contributed by atoms with E-state index in [0.717, 1.165) is 35.4 Å². The number of benzene rings is 2. The lowest BCUT2D eigenvalue weighted by molar-refractivity contribution is -0.125. The minimum Gasteiger partial charge on any atom is -0.491 e. The van der Waals surface area contributed by atoms with Gasteiger partial charge in [-0.25, -0.2) is 4.98 Å². The summed E-state index contributed by atoms with van der Waals surface area (Å²) in [6, 6.07) is 14.5. The van der Waals surface area contributed by atoms with Crippen LogP contribution in [0.4, 0.5) is 0 Å². The van der Waals surface area contributed by atoms with Gasteiger partial charge < -0.3 is 14.6 Å². The maximum atomic E-state index is 12.5. The number of rotatable bonds is 10. The smallest absolute Gasteiger partial charge is 0.223 e. The van der Waals surface area contributed by atoms with Crippen molar-refractivity contribution in [3.8, 4) is 5.75 Å². The minimum absolute atomic E-state index is 0.0527. The summed E-state index contributed by atoms with van der Waals surface area (Å²) in [6.45, 7) is 12.2. The molecule has 3 aromatic rings. The van der Waals surface area contributed by atoms with Gasteiger partial charge in [-0.05, 0) is 55.0 Å². The van der Waals surface area contributed by atoms with Crippen molar-refractivity contribution in [3.05, 3.63) is 59.4 Å². The molecule has 31 heavy (non-hydrogen) atoms. The number of carbonyl (C=O) groups is 1. The van der Waals surface area contributed by atoms with E-state index in [4.69, 9.17) is 9.72 Å². The quantitative estimate of drug-likeness (QED) is 0.464. The number of amides is 1. The maximum absolute atomic E-state index is 12.5. The van der Waals surface area contributed by atoms with Gasteiger partial charge in [0.2, 0.25) is 5.91 Å². The lowest BCUT2D eigenvalue weighted by Gasteiger charge is -2.17.